The first-order valence-electron chi connectivity index (χ1n) is 12.9. The Labute approximate surface area is 184 Å². The zero-order valence-electron chi connectivity index (χ0n) is 20.1. The standard InChI is InChI=1S/C28H44O2/c1-18(2)7-6-8-19(3)21-10-11-26(5)24-16-23(30)22-15-20(29)9-12-27(22)17-28(24,27)14-13-25(21,26)4/h7,19-22,24,29H,6,8-17H2,1-5H3/t19-,20+,21-,22?,24+,25-,26+,27-,28+/m1/s1. The van der Waals surface area contributed by atoms with Crippen molar-refractivity contribution in [1.29, 1.82) is 0 Å². The van der Waals surface area contributed by atoms with E-state index in [0.29, 0.717) is 27.9 Å². The molecule has 1 unspecified atom stereocenters. The molecular formula is C28H44O2. The smallest absolute Gasteiger partial charge is 0.136 e. The fraction of sp³-hybridized carbons (Fsp3) is 0.893. The van der Waals surface area contributed by atoms with Gasteiger partial charge < -0.3 is 5.11 Å². The van der Waals surface area contributed by atoms with Crippen LogP contribution in [0.3, 0.4) is 0 Å². The van der Waals surface area contributed by atoms with Crippen LogP contribution >= 0.6 is 0 Å². The monoisotopic (exact) mass is 412 g/mol. The quantitative estimate of drug-likeness (QED) is 0.521. The fourth-order valence-electron chi connectivity index (χ4n) is 10.1. The highest BCUT2D eigenvalue weighted by Gasteiger charge is 2.82. The van der Waals surface area contributed by atoms with E-state index >= 15 is 0 Å². The lowest BCUT2D eigenvalue weighted by atomic mass is 9.43. The SMILES string of the molecule is CC(C)=CCC[C@@H](C)[C@H]1CC[C@@]2(C)[C@@H]3CC(=O)C4C[C@@H](O)CC[C@@]45C[C@@]35CC[C@]12C. The van der Waals surface area contributed by atoms with Crippen molar-refractivity contribution in [2.75, 3.05) is 0 Å². The number of hydrogen-bond donors (Lipinski definition) is 1. The summed E-state index contributed by atoms with van der Waals surface area (Å²) in [4.78, 5) is 13.4. The maximum atomic E-state index is 13.4. The van der Waals surface area contributed by atoms with Gasteiger partial charge in [0.2, 0.25) is 0 Å². The van der Waals surface area contributed by atoms with E-state index in [1.54, 1.807) is 0 Å². The van der Waals surface area contributed by atoms with E-state index in [2.05, 4.69) is 40.7 Å². The molecule has 0 radical (unpaired) electrons. The van der Waals surface area contributed by atoms with Gasteiger partial charge in [0.1, 0.15) is 5.78 Å². The largest absolute Gasteiger partial charge is 0.393 e. The van der Waals surface area contributed by atoms with Crippen molar-refractivity contribution in [3.63, 3.8) is 0 Å². The highest BCUT2D eigenvalue weighted by Crippen LogP contribution is 2.87. The van der Waals surface area contributed by atoms with Gasteiger partial charge >= 0.3 is 0 Å². The van der Waals surface area contributed by atoms with E-state index in [4.69, 9.17) is 0 Å². The molecule has 2 spiro atoms. The van der Waals surface area contributed by atoms with Gasteiger partial charge in [-0.1, -0.05) is 32.4 Å². The fourth-order valence-corrected chi connectivity index (χ4v) is 10.1. The lowest BCUT2D eigenvalue weighted by Crippen LogP contribution is -2.56. The van der Waals surface area contributed by atoms with Crippen LogP contribution in [0.15, 0.2) is 11.6 Å². The molecule has 30 heavy (non-hydrogen) atoms. The molecule has 0 amide bonds. The molecule has 0 aliphatic heterocycles. The summed E-state index contributed by atoms with van der Waals surface area (Å²) >= 11 is 0. The molecule has 168 valence electrons. The number of carbonyl (C=O) groups is 1. The maximum Gasteiger partial charge on any atom is 0.136 e. The zero-order valence-corrected chi connectivity index (χ0v) is 20.1. The number of Topliss-reactive ketones (excluding diaryl/α,β-unsaturated/α-hetero) is 1. The van der Waals surface area contributed by atoms with Crippen molar-refractivity contribution in [2.24, 2.45) is 45.3 Å². The van der Waals surface area contributed by atoms with E-state index in [-0.39, 0.29) is 17.4 Å². The zero-order chi connectivity index (χ0) is 21.5. The summed E-state index contributed by atoms with van der Waals surface area (Å²) in [7, 11) is 0. The van der Waals surface area contributed by atoms with Gasteiger partial charge in [-0.25, -0.2) is 0 Å². The summed E-state index contributed by atoms with van der Waals surface area (Å²) in [6, 6.07) is 0. The Kier molecular flexibility index (Phi) is 4.73. The maximum absolute atomic E-state index is 13.4. The predicted octanol–water partition coefficient (Wildman–Crippen LogP) is 6.71. The number of ketones is 1. The number of aliphatic hydroxyl groups is 1. The number of hydrogen-bond acceptors (Lipinski definition) is 2. The minimum Gasteiger partial charge on any atom is -0.393 e. The van der Waals surface area contributed by atoms with Crippen molar-refractivity contribution >= 4 is 5.78 Å². The van der Waals surface area contributed by atoms with Crippen molar-refractivity contribution < 1.29 is 9.90 Å². The lowest BCUT2D eigenvalue weighted by molar-refractivity contribution is -0.157. The minimum absolute atomic E-state index is 0.172. The molecule has 0 aromatic heterocycles. The van der Waals surface area contributed by atoms with E-state index in [1.807, 2.05) is 0 Å². The molecule has 0 heterocycles. The van der Waals surface area contributed by atoms with Gasteiger partial charge in [-0.3, -0.25) is 4.79 Å². The molecule has 5 rings (SSSR count). The lowest BCUT2D eigenvalue weighted by Gasteiger charge is -2.61. The van der Waals surface area contributed by atoms with Crippen LogP contribution in [0.25, 0.3) is 0 Å². The minimum atomic E-state index is -0.235. The summed E-state index contributed by atoms with van der Waals surface area (Å²) in [5.74, 6) is 2.86. The Morgan fingerprint density at radius 1 is 1.10 bits per heavy atom. The van der Waals surface area contributed by atoms with Gasteiger partial charge in [0.15, 0.2) is 0 Å². The van der Waals surface area contributed by atoms with Gasteiger partial charge in [-0.05, 0) is 117 Å². The van der Waals surface area contributed by atoms with E-state index in [1.165, 1.54) is 50.5 Å². The molecule has 9 atom stereocenters. The third kappa shape index (κ3) is 2.55. The highest BCUT2D eigenvalue weighted by atomic mass is 16.3. The van der Waals surface area contributed by atoms with Gasteiger partial charge in [0, 0.05) is 12.3 Å². The van der Waals surface area contributed by atoms with Crippen LogP contribution in [0.4, 0.5) is 0 Å². The number of aliphatic hydroxyl groups excluding tert-OH is 1. The molecule has 1 N–H and O–H groups in total. The van der Waals surface area contributed by atoms with Crippen molar-refractivity contribution in [3.05, 3.63) is 11.6 Å². The summed E-state index contributed by atoms with van der Waals surface area (Å²) in [5.41, 5.74) is 2.85. The third-order valence-electron chi connectivity index (χ3n) is 11.9. The highest BCUT2D eigenvalue weighted by molar-refractivity contribution is 5.85. The molecule has 0 aromatic rings. The van der Waals surface area contributed by atoms with Gasteiger partial charge in [0.05, 0.1) is 6.10 Å². The summed E-state index contributed by atoms with van der Waals surface area (Å²) in [6.07, 6.45) is 15.0. The van der Waals surface area contributed by atoms with Gasteiger partial charge in [0.25, 0.3) is 0 Å². The van der Waals surface area contributed by atoms with E-state index in [9.17, 15) is 9.90 Å². The molecule has 0 saturated heterocycles. The molecule has 2 nitrogen and oxygen atoms in total. The summed E-state index contributed by atoms with van der Waals surface area (Å²) in [6.45, 7) is 12.1. The molecule has 5 aliphatic rings. The normalized spacial score (nSPS) is 52.5. The number of allylic oxidation sites excluding steroid dienone is 2. The average Bonchev–Trinajstić information content (AvgIpc) is 3.25. The Morgan fingerprint density at radius 2 is 1.87 bits per heavy atom. The van der Waals surface area contributed by atoms with Crippen molar-refractivity contribution in [1.82, 2.24) is 0 Å². The topological polar surface area (TPSA) is 37.3 Å². The summed E-state index contributed by atoms with van der Waals surface area (Å²) in [5, 5.41) is 10.3. The first-order valence-corrected chi connectivity index (χ1v) is 12.9. The van der Waals surface area contributed by atoms with E-state index in [0.717, 1.165) is 37.5 Å². The van der Waals surface area contributed by atoms with Crippen LogP contribution in [0, 0.1) is 45.3 Å². The first-order chi connectivity index (χ1) is 14.1. The van der Waals surface area contributed by atoms with Crippen molar-refractivity contribution in [2.45, 2.75) is 111 Å². The first kappa shape index (κ1) is 21.2. The molecule has 5 fully saturated rings. The van der Waals surface area contributed by atoms with Crippen LogP contribution in [0.2, 0.25) is 0 Å². The Bertz CT molecular complexity index is 765. The summed E-state index contributed by atoms with van der Waals surface area (Å²) < 4.78 is 0. The van der Waals surface area contributed by atoms with Crippen LogP contribution in [-0.2, 0) is 4.79 Å². The molecule has 2 heteroatoms. The average molecular weight is 413 g/mol. The van der Waals surface area contributed by atoms with Crippen LogP contribution in [0.5, 0.6) is 0 Å². The Balaban J connectivity index is 1.42. The number of rotatable bonds is 4. The second-order valence-electron chi connectivity index (χ2n) is 13.0. The van der Waals surface area contributed by atoms with Crippen LogP contribution in [-0.4, -0.2) is 17.0 Å². The van der Waals surface area contributed by atoms with Crippen molar-refractivity contribution in [3.8, 4) is 0 Å². The Morgan fingerprint density at radius 3 is 2.60 bits per heavy atom. The third-order valence-corrected chi connectivity index (χ3v) is 11.9. The second-order valence-corrected chi connectivity index (χ2v) is 13.0. The predicted molar refractivity (Wildman–Crippen MR) is 122 cm³/mol. The van der Waals surface area contributed by atoms with Gasteiger partial charge in [-0.2, -0.15) is 0 Å². The Hall–Kier alpha value is -0.630. The molecular weight excluding hydrogens is 368 g/mol. The number of fused-ring (bicyclic) bond motifs is 2. The molecule has 0 aromatic carbocycles. The van der Waals surface area contributed by atoms with Crippen LogP contribution in [0.1, 0.15) is 105 Å². The molecule has 0 bridgehead atoms. The van der Waals surface area contributed by atoms with Crippen LogP contribution < -0.4 is 0 Å². The molecule has 5 saturated carbocycles. The van der Waals surface area contributed by atoms with E-state index < -0.39 is 0 Å². The second kappa shape index (κ2) is 6.69. The van der Waals surface area contributed by atoms with Gasteiger partial charge in [-0.15, -0.1) is 0 Å². The molecule has 5 aliphatic carbocycles. The number of carbonyl (C=O) groups excluding carboxylic acids is 1.